The van der Waals surface area contributed by atoms with Crippen molar-refractivity contribution in [3.63, 3.8) is 0 Å². The van der Waals surface area contributed by atoms with Gasteiger partial charge in [-0.25, -0.2) is 0 Å². The lowest BCUT2D eigenvalue weighted by atomic mass is 10.2. The van der Waals surface area contributed by atoms with Gasteiger partial charge in [0, 0.05) is 25.3 Å². The second-order valence-electron chi connectivity index (χ2n) is 3.20. The number of anilines is 1. The van der Waals surface area contributed by atoms with Crippen LogP contribution in [0.1, 0.15) is 0 Å². The van der Waals surface area contributed by atoms with Gasteiger partial charge in [0.05, 0.1) is 0 Å². The van der Waals surface area contributed by atoms with Crippen LogP contribution in [-0.4, -0.2) is 25.1 Å². The minimum Gasteiger partial charge on any atom is -0.367 e. The molecule has 1 aromatic carbocycles. The molecule has 78 valence electrons. The van der Waals surface area contributed by atoms with E-state index in [9.17, 15) is 0 Å². The van der Waals surface area contributed by atoms with Crippen LogP contribution in [0.5, 0.6) is 0 Å². The van der Waals surface area contributed by atoms with E-state index in [1.807, 2.05) is 6.07 Å². The van der Waals surface area contributed by atoms with Crippen molar-refractivity contribution in [1.82, 2.24) is 5.32 Å². The van der Waals surface area contributed by atoms with Gasteiger partial charge in [0.25, 0.3) is 0 Å². The molecule has 1 aliphatic heterocycles. The number of alkyl halides is 1. The Labute approximate surface area is 100 Å². The van der Waals surface area contributed by atoms with E-state index >= 15 is 0 Å². The number of hydrogen-bond donors (Lipinski definition) is 1. The Bertz CT molecular complexity index is 268. The standard InChI is InChI=1S/C10H13ClN2.BrH/c11-10-8-13(7-6-12-10)9-4-2-1-3-5-9;/h1-5,10,12H,6-8H2;1H. The second kappa shape index (κ2) is 5.59. The Kier molecular flexibility index (Phi) is 4.72. The van der Waals surface area contributed by atoms with Gasteiger partial charge in [-0.1, -0.05) is 18.2 Å². The van der Waals surface area contributed by atoms with Gasteiger partial charge in [0.1, 0.15) is 5.50 Å². The third kappa shape index (κ3) is 2.87. The van der Waals surface area contributed by atoms with E-state index < -0.39 is 0 Å². The van der Waals surface area contributed by atoms with E-state index in [1.54, 1.807) is 0 Å². The third-order valence-corrected chi connectivity index (χ3v) is 2.54. The molecule has 0 aliphatic carbocycles. The highest BCUT2D eigenvalue weighted by atomic mass is 79.9. The lowest BCUT2D eigenvalue weighted by Gasteiger charge is -2.32. The summed E-state index contributed by atoms with van der Waals surface area (Å²) >= 11 is 6.01. The first-order valence-electron chi connectivity index (χ1n) is 4.54. The normalized spacial score (nSPS) is 21.5. The number of nitrogens with zero attached hydrogens (tertiary/aromatic N) is 1. The highest BCUT2D eigenvalue weighted by Gasteiger charge is 2.16. The largest absolute Gasteiger partial charge is 0.367 e. The molecule has 4 heteroatoms. The van der Waals surface area contributed by atoms with E-state index in [0.29, 0.717) is 0 Å². The second-order valence-corrected chi connectivity index (χ2v) is 3.73. The molecule has 1 fully saturated rings. The van der Waals surface area contributed by atoms with Gasteiger partial charge in [-0.2, -0.15) is 0 Å². The molecular formula is C10H14BrClN2. The zero-order valence-corrected chi connectivity index (χ0v) is 10.3. The molecule has 1 saturated heterocycles. The Balaban J connectivity index is 0.000000980. The highest BCUT2D eigenvalue weighted by molar-refractivity contribution is 8.93. The first-order chi connectivity index (χ1) is 6.36. The molecule has 14 heavy (non-hydrogen) atoms. The fraction of sp³-hybridized carbons (Fsp3) is 0.400. The van der Waals surface area contributed by atoms with Crippen molar-refractivity contribution in [1.29, 1.82) is 0 Å². The van der Waals surface area contributed by atoms with Gasteiger partial charge in [0.15, 0.2) is 0 Å². The smallest absolute Gasteiger partial charge is 0.100 e. The van der Waals surface area contributed by atoms with Crippen LogP contribution < -0.4 is 10.2 Å². The van der Waals surface area contributed by atoms with Crippen LogP contribution >= 0.6 is 28.6 Å². The number of hydrogen-bond acceptors (Lipinski definition) is 2. The molecular weight excluding hydrogens is 263 g/mol. The monoisotopic (exact) mass is 276 g/mol. The van der Waals surface area contributed by atoms with E-state index in [-0.39, 0.29) is 22.5 Å². The zero-order chi connectivity index (χ0) is 9.10. The molecule has 1 aliphatic rings. The van der Waals surface area contributed by atoms with Gasteiger partial charge < -0.3 is 4.90 Å². The van der Waals surface area contributed by atoms with E-state index in [4.69, 9.17) is 11.6 Å². The van der Waals surface area contributed by atoms with E-state index in [0.717, 1.165) is 19.6 Å². The van der Waals surface area contributed by atoms with Crippen molar-refractivity contribution in [2.24, 2.45) is 0 Å². The molecule has 0 saturated carbocycles. The number of halogens is 2. The summed E-state index contributed by atoms with van der Waals surface area (Å²) in [5, 5.41) is 3.21. The van der Waals surface area contributed by atoms with Crippen molar-refractivity contribution in [2.45, 2.75) is 5.50 Å². The number of piperazine rings is 1. The van der Waals surface area contributed by atoms with Crippen molar-refractivity contribution in [2.75, 3.05) is 24.5 Å². The SMILES string of the molecule is Br.ClC1CN(c2ccccc2)CCN1. The fourth-order valence-corrected chi connectivity index (χ4v) is 1.85. The van der Waals surface area contributed by atoms with Crippen molar-refractivity contribution in [3.05, 3.63) is 30.3 Å². The van der Waals surface area contributed by atoms with Gasteiger partial charge in [-0.05, 0) is 12.1 Å². The maximum Gasteiger partial charge on any atom is 0.100 e. The fourth-order valence-electron chi connectivity index (χ4n) is 1.58. The summed E-state index contributed by atoms with van der Waals surface area (Å²) in [6.45, 7) is 2.88. The molecule has 0 bridgehead atoms. The lowest BCUT2D eigenvalue weighted by molar-refractivity contribution is 0.552. The number of para-hydroxylation sites is 1. The van der Waals surface area contributed by atoms with Gasteiger partial charge in [-0.3, -0.25) is 5.32 Å². The van der Waals surface area contributed by atoms with Crippen molar-refractivity contribution >= 4 is 34.3 Å². The summed E-state index contributed by atoms with van der Waals surface area (Å²) in [6.07, 6.45) is 0. The van der Waals surface area contributed by atoms with Crippen LogP contribution in [0, 0.1) is 0 Å². The third-order valence-electron chi connectivity index (χ3n) is 2.25. The molecule has 1 aromatic rings. The highest BCUT2D eigenvalue weighted by Crippen LogP contribution is 2.15. The molecule has 0 aromatic heterocycles. The number of rotatable bonds is 1. The van der Waals surface area contributed by atoms with Crippen LogP contribution in [0.2, 0.25) is 0 Å². The molecule has 1 atom stereocenters. The Morgan fingerprint density at radius 1 is 1.29 bits per heavy atom. The van der Waals surface area contributed by atoms with Gasteiger partial charge in [-0.15, -0.1) is 28.6 Å². The van der Waals surface area contributed by atoms with Crippen LogP contribution in [0.3, 0.4) is 0 Å². The summed E-state index contributed by atoms with van der Waals surface area (Å²) in [6, 6.07) is 10.4. The van der Waals surface area contributed by atoms with Gasteiger partial charge in [0.2, 0.25) is 0 Å². The number of benzene rings is 1. The minimum atomic E-state index is 0. The van der Waals surface area contributed by atoms with Crippen LogP contribution in [0.25, 0.3) is 0 Å². The topological polar surface area (TPSA) is 15.3 Å². The zero-order valence-electron chi connectivity index (χ0n) is 7.82. The summed E-state index contributed by atoms with van der Waals surface area (Å²) in [5.74, 6) is 0. The average molecular weight is 278 g/mol. The molecule has 0 spiro atoms. The van der Waals surface area contributed by atoms with E-state index in [2.05, 4.69) is 34.5 Å². The number of nitrogens with one attached hydrogen (secondary N) is 1. The molecule has 0 amide bonds. The minimum absolute atomic E-state index is 0. The maximum atomic E-state index is 6.01. The Morgan fingerprint density at radius 3 is 2.64 bits per heavy atom. The Hall–Kier alpha value is -0.250. The molecule has 1 unspecified atom stereocenters. The molecule has 1 N–H and O–H groups in total. The maximum absolute atomic E-state index is 6.01. The summed E-state index contributed by atoms with van der Waals surface area (Å²) in [5.41, 5.74) is 1.34. The van der Waals surface area contributed by atoms with E-state index in [1.165, 1.54) is 5.69 Å². The quantitative estimate of drug-likeness (QED) is 0.626. The van der Waals surface area contributed by atoms with Gasteiger partial charge >= 0.3 is 0 Å². The average Bonchev–Trinajstić information content (AvgIpc) is 2.19. The Morgan fingerprint density at radius 2 is 2.00 bits per heavy atom. The molecule has 2 nitrogen and oxygen atoms in total. The first kappa shape index (κ1) is 11.8. The van der Waals surface area contributed by atoms with Crippen LogP contribution in [0.4, 0.5) is 5.69 Å². The lowest BCUT2D eigenvalue weighted by Crippen LogP contribution is -2.48. The summed E-state index contributed by atoms with van der Waals surface area (Å²) < 4.78 is 0. The summed E-state index contributed by atoms with van der Waals surface area (Å²) in [4.78, 5) is 2.30. The predicted octanol–water partition coefficient (Wildman–Crippen LogP) is 2.24. The predicted molar refractivity (Wildman–Crippen MR) is 66.6 cm³/mol. The molecule has 0 radical (unpaired) electrons. The molecule has 1 heterocycles. The first-order valence-corrected chi connectivity index (χ1v) is 4.97. The van der Waals surface area contributed by atoms with Crippen molar-refractivity contribution < 1.29 is 0 Å². The van der Waals surface area contributed by atoms with Crippen molar-refractivity contribution in [3.8, 4) is 0 Å². The van der Waals surface area contributed by atoms with Crippen LogP contribution in [0.15, 0.2) is 30.3 Å². The molecule has 2 rings (SSSR count). The summed E-state index contributed by atoms with van der Waals surface area (Å²) in [7, 11) is 0. The van der Waals surface area contributed by atoms with Crippen LogP contribution in [-0.2, 0) is 0 Å².